The third kappa shape index (κ3) is 1.58. The number of benzene rings is 1. The zero-order valence-electron chi connectivity index (χ0n) is 7.69. The van der Waals surface area contributed by atoms with E-state index in [1.54, 1.807) is 18.2 Å². The Kier molecular flexibility index (Phi) is 2.09. The van der Waals surface area contributed by atoms with Gasteiger partial charge < -0.3 is 5.73 Å². The number of hydrogen-bond acceptors (Lipinski definition) is 1. The summed E-state index contributed by atoms with van der Waals surface area (Å²) >= 11 is 0. The van der Waals surface area contributed by atoms with Gasteiger partial charge in [-0.25, -0.2) is 4.39 Å². The summed E-state index contributed by atoms with van der Waals surface area (Å²) in [7, 11) is 0. The molecule has 1 aromatic rings. The van der Waals surface area contributed by atoms with E-state index in [9.17, 15) is 4.39 Å². The molecular formula is C10H14FN. The Morgan fingerprint density at radius 1 is 1.25 bits per heavy atom. The fraction of sp³-hybridized carbons (Fsp3) is 0.400. The van der Waals surface area contributed by atoms with Gasteiger partial charge in [0.05, 0.1) is 5.69 Å². The monoisotopic (exact) mass is 167 g/mol. The minimum atomic E-state index is -0.287. The van der Waals surface area contributed by atoms with Crippen molar-refractivity contribution in [3.63, 3.8) is 0 Å². The fourth-order valence-electron chi connectivity index (χ4n) is 1.13. The van der Waals surface area contributed by atoms with Gasteiger partial charge in [-0.15, -0.1) is 0 Å². The second-order valence-corrected chi connectivity index (χ2v) is 3.96. The van der Waals surface area contributed by atoms with E-state index in [1.807, 2.05) is 20.8 Å². The Bertz CT molecular complexity index is 286. The second kappa shape index (κ2) is 2.77. The molecule has 0 aliphatic carbocycles. The van der Waals surface area contributed by atoms with E-state index in [0.717, 1.165) is 0 Å². The number of nitrogens with two attached hydrogens (primary N) is 1. The van der Waals surface area contributed by atoms with Crippen molar-refractivity contribution >= 4 is 5.69 Å². The summed E-state index contributed by atoms with van der Waals surface area (Å²) in [6.07, 6.45) is 0. The number of hydrogen-bond donors (Lipinski definition) is 1. The lowest BCUT2D eigenvalue weighted by Crippen LogP contribution is -2.14. The van der Waals surface area contributed by atoms with Gasteiger partial charge in [0.1, 0.15) is 5.82 Å². The molecule has 1 aromatic carbocycles. The molecule has 0 fully saturated rings. The van der Waals surface area contributed by atoms with Crippen LogP contribution in [-0.4, -0.2) is 0 Å². The lowest BCUT2D eigenvalue weighted by molar-refractivity contribution is 0.525. The number of halogens is 1. The Balaban J connectivity index is 3.26. The van der Waals surface area contributed by atoms with Crippen molar-refractivity contribution in [2.45, 2.75) is 26.2 Å². The van der Waals surface area contributed by atoms with E-state index in [2.05, 4.69) is 0 Å². The third-order valence-corrected chi connectivity index (χ3v) is 1.84. The van der Waals surface area contributed by atoms with Gasteiger partial charge in [0.25, 0.3) is 0 Å². The Morgan fingerprint density at radius 3 is 2.25 bits per heavy atom. The predicted molar refractivity (Wildman–Crippen MR) is 49.5 cm³/mol. The molecule has 0 amide bonds. The SMILES string of the molecule is CC(C)(C)c1cccc(N)c1F. The Labute approximate surface area is 72.4 Å². The molecular weight excluding hydrogens is 153 g/mol. The van der Waals surface area contributed by atoms with Gasteiger partial charge in [-0.05, 0) is 17.0 Å². The first kappa shape index (κ1) is 9.04. The lowest BCUT2D eigenvalue weighted by Gasteiger charge is -2.20. The van der Waals surface area contributed by atoms with Crippen LogP contribution in [0.2, 0.25) is 0 Å². The van der Waals surface area contributed by atoms with Crippen LogP contribution in [0.3, 0.4) is 0 Å². The highest BCUT2D eigenvalue weighted by Gasteiger charge is 2.18. The van der Waals surface area contributed by atoms with Crippen molar-refractivity contribution < 1.29 is 4.39 Å². The summed E-state index contributed by atoms with van der Waals surface area (Å²) in [6, 6.07) is 5.12. The fourth-order valence-corrected chi connectivity index (χ4v) is 1.13. The van der Waals surface area contributed by atoms with Crippen molar-refractivity contribution in [3.05, 3.63) is 29.6 Å². The van der Waals surface area contributed by atoms with E-state index in [0.29, 0.717) is 5.56 Å². The maximum Gasteiger partial charge on any atom is 0.149 e. The van der Waals surface area contributed by atoms with E-state index in [-0.39, 0.29) is 16.9 Å². The average molecular weight is 167 g/mol. The quantitative estimate of drug-likeness (QED) is 0.591. The standard InChI is InChI=1S/C10H14FN/c1-10(2,3)7-5-4-6-8(12)9(7)11/h4-6H,12H2,1-3H3. The van der Waals surface area contributed by atoms with E-state index < -0.39 is 0 Å². The summed E-state index contributed by atoms with van der Waals surface area (Å²) in [5, 5.41) is 0. The smallest absolute Gasteiger partial charge is 0.149 e. The number of nitrogen functional groups attached to an aromatic ring is 1. The van der Waals surface area contributed by atoms with Gasteiger partial charge in [0, 0.05) is 0 Å². The predicted octanol–water partition coefficient (Wildman–Crippen LogP) is 2.71. The van der Waals surface area contributed by atoms with Gasteiger partial charge in [0.2, 0.25) is 0 Å². The molecule has 0 saturated carbocycles. The number of anilines is 1. The van der Waals surface area contributed by atoms with E-state index in [1.165, 1.54) is 0 Å². The highest BCUT2D eigenvalue weighted by atomic mass is 19.1. The molecule has 0 aliphatic rings. The van der Waals surface area contributed by atoms with Crippen LogP contribution < -0.4 is 5.73 Å². The molecule has 0 unspecified atom stereocenters. The van der Waals surface area contributed by atoms with Crippen molar-refractivity contribution in [1.82, 2.24) is 0 Å². The molecule has 0 radical (unpaired) electrons. The molecule has 66 valence electrons. The zero-order valence-corrected chi connectivity index (χ0v) is 7.69. The van der Waals surface area contributed by atoms with Crippen molar-refractivity contribution in [1.29, 1.82) is 0 Å². The minimum Gasteiger partial charge on any atom is -0.396 e. The topological polar surface area (TPSA) is 26.0 Å². The zero-order chi connectivity index (χ0) is 9.35. The molecule has 0 heterocycles. The Morgan fingerprint density at radius 2 is 1.83 bits per heavy atom. The maximum absolute atomic E-state index is 13.4. The lowest BCUT2D eigenvalue weighted by atomic mass is 9.86. The van der Waals surface area contributed by atoms with Gasteiger partial charge in [-0.3, -0.25) is 0 Å². The van der Waals surface area contributed by atoms with E-state index >= 15 is 0 Å². The second-order valence-electron chi connectivity index (χ2n) is 3.96. The molecule has 2 N–H and O–H groups in total. The van der Waals surface area contributed by atoms with Crippen LogP contribution in [0.1, 0.15) is 26.3 Å². The van der Waals surface area contributed by atoms with Gasteiger partial charge >= 0.3 is 0 Å². The highest BCUT2D eigenvalue weighted by Crippen LogP contribution is 2.27. The molecule has 0 saturated heterocycles. The van der Waals surface area contributed by atoms with E-state index in [4.69, 9.17) is 5.73 Å². The molecule has 0 atom stereocenters. The van der Waals surface area contributed by atoms with Gasteiger partial charge in [0.15, 0.2) is 0 Å². The van der Waals surface area contributed by atoms with Crippen LogP contribution in [0.25, 0.3) is 0 Å². The molecule has 0 bridgehead atoms. The van der Waals surface area contributed by atoms with Gasteiger partial charge in [-0.1, -0.05) is 32.9 Å². The minimum absolute atomic E-state index is 0.181. The summed E-state index contributed by atoms with van der Waals surface area (Å²) in [5.41, 5.74) is 6.15. The van der Waals surface area contributed by atoms with Crippen LogP contribution in [0.4, 0.5) is 10.1 Å². The van der Waals surface area contributed by atoms with Crippen LogP contribution in [-0.2, 0) is 5.41 Å². The van der Waals surface area contributed by atoms with Crippen LogP contribution in [0.5, 0.6) is 0 Å². The van der Waals surface area contributed by atoms with Crippen molar-refractivity contribution in [2.75, 3.05) is 5.73 Å². The first-order chi connectivity index (χ1) is 5.43. The molecule has 12 heavy (non-hydrogen) atoms. The Hall–Kier alpha value is -1.05. The van der Waals surface area contributed by atoms with Crippen LogP contribution in [0, 0.1) is 5.82 Å². The summed E-state index contributed by atoms with van der Waals surface area (Å²) in [5.74, 6) is -0.287. The molecule has 0 aliphatic heterocycles. The summed E-state index contributed by atoms with van der Waals surface area (Å²) in [6.45, 7) is 5.89. The third-order valence-electron chi connectivity index (χ3n) is 1.84. The first-order valence-electron chi connectivity index (χ1n) is 3.97. The normalized spacial score (nSPS) is 11.7. The molecule has 0 spiro atoms. The summed E-state index contributed by atoms with van der Waals surface area (Å²) < 4.78 is 13.4. The molecule has 0 aromatic heterocycles. The summed E-state index contributed by atoms with van der Waals surface area (Å²) in [4.78, 5) is 0. The molecule has 1 rings (SSSR count). The van der Waals surface area contributed by atoms with Crippen LogP contribution >= 0.6 is 0 Å². The molecule has 1 nitrogen and oxygen atoms in total. The van der Waals surface area contributed by atoms with Crippen molar-refractivity contribution in [2.24, 2.45) is 0 Å². The maximum atomic E-state index is 13.4. The van der Waals surface area contributed by atoms with Crippen LogP contribution in [0.15, 0.2) is 18.2 Å². The van der Waals surface area contributed by atoms with Gasteiger partial charge in [-0.2, -0.15) is 0 Å². The average Bonchev–Trinajstić information content (AvgIpc) is 1.92. The largest absolute Gasteiger partial charge is 0.396 e. The molecule has 2 heteroatoms. The first-order valence-corrected chi connectivity index (χ1v) is 3.97. The van der Waals surface area contributed by atoms with Crippen molar-refractivity contribution in [3.8, 4) is 0 Å². The number of rotatable bonds is 0. The highest BCUT2D eigenvalue weighted by molar-refractivity contribution is 5.44.